The predicted molar refractivity (Wildman–Crippen MR) is 74.0 cm³/mol. The summed E-state index contributed by atoms with van der Waals surface area (Å²) in [7, 11) is 0. The molecule has 0 aliphatic heterocycles. The number of nitrogens with two attached hydrogens (primary N) is 1. The summed E-state index contributed by atoms with van der Waals surface area (Å²) in [4.78, 5) is 0. The average molecular weight is 238 g/mol. The molecule has 2 fully saturated rings. The van der Waals surface area contributed by atoms with Crippen LogP contribution in [0.25, 0.3) is 0 Å². The Bertz CT molecular complexity index is 231. The van der Waals surface area contributed by atoms with Crippen LogP contribution < -0.4 is 11.1 Å². The summed E-state index contributed by atoms with van der Waals surface area (Å²) in [5, 5.41) is 3.77. The molecule has 2 nitrogen and oxygen atoms in total. The molecule has 2 rings (SSSR count). The second-order valence-corrected chi connectivity index (χ2v) is 6.97. The van der Waals surface area contributed by atoms with Crippen molar-refractivity contribution in [3.8, 4) is 0 Å². The van der Waals surface area contributed by atoms with Crippen LogP contribution in [-0.2, 0) is 0 Å². The van der Waals surface area contributed by atoms with Crippen molar-refractivity contribution in [3.05, 3.63) is 0 Å². The first-order valence-electron chi connectivity index (χ1n) is 7.55. The molecule has 3 N–H and O–H groups in total. The highest BCUT2D eigenvalue weighted by Crippen LogP contribution is 2.50. The summed E-state index contributed by atoms with van der Waals surface area (Å²) in [5.74, 6) is 0.723. The van der Waals surface area contributed by atoms with E-state index in [1.807, 2.05) is 0 Å². The van der Waals surface area contributed by atoms with Crippen LogP contribution in [0.4, 0.5) is 0 Å². The van der Waals surface area contributed by atoms with Gasteiger partial charge < -0.3 is 11.1 Å². The lowest BCUT2D eigenvalue weighted by Crippen LogP contribution is -2.55. The third-order valence-electron chi connectivity index (χ3n) is 5.21. The Morgan fingerprint density at radius 3 is 2.06 bits per heavy atom. The minimum atomic E-state index is 0.262. The minimum Gasteiger partial charge on any atom is -0.329 e. The van der Waals surface area contributed by atoms with Crippen molar-refractivity contribution in [1.82, 2.24) is 5.32 Å². The molecule has 0 amide bonds. The van der Waals surface area contributed by atoms with Gasteiger partial charge in [-0.05, 0) is 56.4 Å². The molecule has 0 heterocycles. The highest BCUT2D eigenvalue weighted by molar-refractivity contribution is 5.00. The van der Waals surface area contributed by atoms with E-state index in [0.29, 0.717) is 0 Å². The van der Waals surface area contributed by atoms with Gasteiger partial charge in [0.25, 0.3) is 0 Å². The molecule has 0 aromatic rings. The van der Waals surface area contributed by atoms with Crippen molar-refractivity contribution in [1.29, 1.82) is 0 Å². The van der Waals surface area contributed by atoms with Crippen molar-refractivity contribution in [2.24, 2.45) is 17.1 Å². The van der Waals surface area contributed by atoms with Crippen LogP contribution in [0.15, 0.2) is 0 Å². The fourth-order valence-corrected chi connectivity index (χ4v) is 3.76. The van der Waals surface area contributed by atoms with Gasteiger partial charge in [-0.15, -0.1) is 0 Å². The standard InChI is InChI=1S/C15H30N2/c1-13(2)11-17-15(12-16)9-7-14(8-10-15)5-3-4-6-14/h13,17H,3-12,16H2,1-2H3. The van der Waals surface area contributed by atoms with Gasteiger partial charge in [0.05, 0.1) is 0 Å². The van der Waals surface area contributed by atoms with Crippen LogP contribution in [0.2, 0.25) is 0 Å². The summed E-state index contributed by atoms with van der Waals surface area (Å²) in [6.45, 7) is 6.48. The van der Waals surface area contributed by atoms with Crippen molar-refractivity contribution >= 4 is 0 Å². The highest BCUT2D eigenvalue weighted by Gasteiger charge is 2.42. The summed E-state index contributed by atoms with van der Waals surface area (Å²) in [5.41, 5.74) is 7.03. The molecule has 2 aliphatic carbocycles. The Hall–Kier alpha value is -0.0800. The zero-order chi connectivity index (χ0) is 12.4. The summed E-state index contributed by atoms with van der Waals surface area (Å²) in [6, 6.07) is 0. The molecule has 0 radical (unpaired) electrons. The van der Waals surface area contributed by atoms with Crippen LogP contribution in [0.1, 0.15) is 65.2 Å². The Morgan fingerprint density at radius 2 is 1.59 bits per heavy atom. The third-order valence-corrected chi connectivity index (χ3v) is 5.21. The summed E-state index contributed by atoms with van der Waals surface area (Å²) < 4.78 is 0. The first kappa shape index (κ1) is 13.4. The highest BCUT2D eigenvalue weighted by atomic mass is 15.0. The van der Waals surface area contributed by atoms with Gasteiger partial charge in [-0.3, -0.25) is 0 Å². The van der Waals surface area contributed by atoms with E-state index >= 15 is 0 Å². The molecule has 0 aromatic carbocycles. The van der Waals surface area contributed by atoms with Crippen LogP contribution in [0.3, 0.4) is 0 Å². The second kappa shape index (κ2) is 5.27. The van der Waals surface area contributed by atoms with Crippen LogP contribution in [0.5, 0.6) is 0 Å². The molecule has 0 aromatic heterocycles. The van der Waals surface area contributed by atoms with Crippen molar-refractivity contribution < 1.29 is 0 Å². The molecule has 0 saturated heterocycles. The molecule has 2 heteroatoms. The Kier molecular flexibility index (Phi) is 4.14. The maximum Gasteiger partial charge on any atom is 0.0304 e. The monoisotopic (exact) mass is 238 g/mol. The molecular formula is C15H30N2. The zero-order valence-electron chi connectivity index (χ0n) is 11.7. The van der Waals surface area contributed by atoms with E-state index in [0.717, 1.165) is 24.4 Å². The number of hydrogen-bond donors (Lipinski definition) is 2. The largest absolute Gasteiger partial charge is 0.329 e. The molecule has 0 unspecified atom stereocenters. The van der Waals surface area contributed by atoms with E-state index in [1.54, 1.807) is 0 Å². The quantitative estimate of drug-likeness (QED) is 0.790. The lowest BCUT2D eigenvalue weighted by Gasteiger charge is -2.45. The lowest BCUT2D eigenvalue weighted by molar-refractivity contribution is 0.112. The molecular weight excluding hydrogens is 208 g/mol. The molecule has 0 atom stereocenters. The predicted octanol–water partition coefficient (Wildman–Crippen LogP) is 3.06. The Labute approximate surface area is 107 Å². The van der Waals surface area contributed by atoms with Gasteiger partial charge in [0.2, 0.25) is 0 Å². The van der Waals surface area contributed by atoms with Gasteiger partial charge in [0.1, 0.15) is 0 Å². The van der Waals surface area contributed by atoms with Gasteiger partial charge in [-0.25, -0.2) is 0 Å². The molecule has 0 bridgehead atoms. The lowest BCUT2D eigenvalue weighted by atomic mass is 9.66. The van der Waals surface area contributed by atoms with E-state index in [9.17, 15) is 0 Å². The van der Waals surface area contributed by atoms with E-state index in [4.69, 9.17) is 5.73 Å². The van der Waals surface area contributed by atoms with Gasteiger partial charge in [-0.1, -0.05) is 26.7 Å². The molecule has 17 heavy (non-hydrogen) atoms. The average Bonchev–Trinajstić information content (AvgIpc) is 2.78. The first-order chi connectivity index (χ1) is 8.10. The van der Waals surface area contributed by atoms with E-state index in [-0.39, 0.29) is 5.54 Å². The molecule has 1 spiro atoms. The third kappa shape index (κ3) is 3.03. The van der Waals surface area contributed by atoms with Crippen LogP contribution in [0, 0.1) is 11.3 Å². The van der Waals surface area contributed by atoms with Gasteiger partial charge in [-0.2, -0.15) is 0 Å². The Morgan fingerprint density at radius 1 is 1.00 bits per heavy atom. The summed E-state index contributed by atoms with van der Waals surface area (Å²) in [6.07, 6.45) is 11.3. The fraction of sp³-hybridized carbons (Fsp3) is 1.00. The maximum absolute atomic E-state index is 6.05. The zero-order valence-corrected chi connectivity index (χ0v) is 11.7. The van der Waals surface area contributed by atoms with E-state index in [1.165, 1.54) is 51.4 Å². The topological polar surface area (TPSA) is 38.0 Å². The van der Waals surface area contributed by atoms with Crippen LogP contribution in [-0.4, -0.2) is 18.6 Å². The smallest absolute Gasteiger partial charge is 0.0304 e. The molecule has 2 saturated carbocycles. The SMILES string of the molecule is CC(C)CNC1(CN)CCC2(CCCC2)CC1. The fourth-order valence-electron chi connectivity index (χ4n) is 3.76. The van der Waals surface area contributed by atoms with Crippen molar-refractivity contribution in [3.63, 3.8) is 0 Å². The van der Waals surface area contributed by atoms with Crippen molar-refractivity contribution in [2.75, 3.05) is 13.1 Å². The van der Waals surface area contributed by atoms with Gasteiger partial charge in [0.15, 0.2) is 0 Å². The molecule has 100 valence electrons. The number of hydrogen-bond acceptors (Lipinski definition) is 2. The maximum atomic E-state index is 6.05. The van der Waals surface area contributed by atoms with E-state index in [2.05, 4.69) is 19.2 Å². The second-order valence-electron chi connectivity index (χ2n) is 6.97. The van der Waals surface area contributed by atoms with Crippen LogP contribution >= 0.6 is 0 Å². The number of nitrogens with one attached hydrogen (secondary N) is 1. The Balaban J connectivity index is 1.89. The van der Waals surface area contributed by atoms with E-state index < -0.39 is 0 Å². The summed E-state index contributed by atoms with van der Waals surface area (Å²) >= 11 is 0. The normalized spacial score (nSPS) is 26.8. The van der Waals surface area contributed by atoms with Crippen molar-refractivity contribution in [2.45, 2.75) is 70.8 Å². The first-order valence-corrected chi connectivity index (χ1v) is 7.55. The van der Waals surface area contributed by atoms with Gasteiger partial charge >= 0.3 is 0 Å². The molecule has 2 aliphatic rings. The van der Waals surface area contributed by atoms with Gasteiger partial charge in [0, 0.05) is 12.1 Å². The number of rotatable bonds is 4. The minimum absolute atomic E-state index is 0.262.